The normalized spacial score (nSPS) is 10.9. The first-order chi connectivity index (χ1) is 13.5. The first kappa shape index (κ1) is 19.9. The first-order valence-electron chi connectivity index (χ1n) is 8.53. The molecule has 0 radical (unpaired) electrons. The highest BCUT2D eigenvalue weighted by Crippen LogP contribution is 2.22. The molecule has 28 heavy (non-hydrogen) atoms. The predicted molar refractivity (Wildman–Crippen MR) is 118 cm³/mol. The third-order valence-corrected chi connectivity index (χ3v) is 5.10. The van der Waals surface area contributed by atoms with Crippen LogP contribution in [0.25, 0.3) is 5.69 Å². The van der Waals surface area contributed by atoms with E-state index in [0.717, 1.165) is 26.4 Å². The van der Waals surface area contributed by atoms with Crippen molar-refractivity contribution >= 4 is 34.7 Å². The van der Waals surface area contributed by atoms with Crippen molar-refractivity contribution in [1.82, 2.24) is 9.99 Å². The average Bonchev–Trinajstić information content (AvgIpc) is 3.08. The van der Waals surface area contributed by atoms with Gasteiger partial charge in [-0.05, 0) is 84.1 Å². The van der Waals surface area contributed by atoms with Crippen LogP contribution in [0.2, 0.25) is 0 Å². The molecule has 1 N–H and O–H groups in total. The molecule has 0 fully saturated rings. The summed E-state index contributed by atoms with van der Waals surface area (Å²) < 4.78 is 13.4. The number of carbonyl (C=O) groups excluding carboxylic acids is 1. The number of nitrogens with zero attached hydrogens (tertiary/aromatic N) is 2. The second kappa shape index (κ2) is 8.92. The average molecular weight is 489 g/mol. The van der Waals surface area contributed by atoms with E-state index in [2.05, 4.69) is 33.1 Å². The Morgan fingerprint density at radius 1 is 1.07 bits per heavy atom. The van der Waals surface area contributed by atoms with Gasteiger partial charge in [-0.15, -0.1) is 0 Å². The third-order valence-electron chi connectivity index (χ3n) is 4.21. The zero-order valence-electron chi connectivity index (χ0n) is 15.8. The van der Waals surface area contributed by atoms with E-state index in [-0.39, 0.29) is 5.91 Å². The van der Waals surface area contributed by atoms with Gasteiger partial charge in [-0.25, -0.2) is 5.43 Å². The van der Waals surface area contributed by atoms with Gasteiger partial charge < -0.3 is 14.0 Å². The Bertz CT molecular complexity index is 1010. The van der Waals surface area contributed by atoms with Gasteiger partial charge in [0, 0.05) is 16.9 Å². The number of hydrazone groups is 1. The van der Waals surface area contributed by atoms with E-state index < -0.39 is 0 Å². The summed E-state index contributed by atoms with van der Waals surface area (Å²) in [6, 6.07) is 17.0. The van der Waals surface area contributed by atoms with Crippen LogP contribution in [0.4, 0.5) is 0 Å². The van der Waals surface area contributed by atoms with Crippen molar-refractivity contribution < 1.29 is 14.3 Å². The molecule has 0 saturated heterocycles. The molecular formula is C21H20IN3O3. The van der Waals surface area contributed by atoms with Gasteiger partial charge in [0.25, 0.3) is 5.91 Å². The van der Waals surface area contributed by atoms with Crippen LogP contribution < -0.4 is 14.9 Å². The lowest BCUT2D eigenvalue weighted by atomic mass is 10.2. The Kier molecular flexibility index (Phi) is 6.35. The van der Waals surface area contributed by atoms with Gasteiger partial charge in [-0.2, -0.15) is 5.10 Å². The largest absolute Gasteiger partial charge is 0.497 e. The van der Waals surface area contributed by atoms with Crippen molar-refractivity contribution in [2.24, 2.45) is 5.10 Å². The number of amides is 1. The minimum atomic E-state index is -0.301. The number of aryl methyl sites for hydroxylation is 1. The van der Waals surface area contributed by atoms with Crippen LogP contribution in [0.1, 0.15) is 21.7 Å². The van der Waals surface area contributed by atoms with E-state index >= 15 is 0 Å². The number of halogens is 1. The summed E-state index contributed by atoms with van der Waals surface area (Å²) in [5.41, 5.74) is 5.94. The highest BCUT2D eigenvalue weighted by Gasteiger charge is 2.09. The van der Waals surface area contributed by atoms with Gasteiger partial charge in [0.05, 0.1) is 29.7 Å². The second-order valence-corrected chi connectivity index (χ2v) is 7.14. The van der Waals surface area contributed by atoms with Crippen LogP contribution in [-0.2, 0) is 0 Å². The van der Waals surface area contributed by atoms with Gasteiger partial charge >= 0.3 is 0 Å². The van der Waals surface area contributed by atoms with Crippen LogP contribution in [0, 0.1) is 10.5 Å². The molecule has 0 spiro atoms. The Labute approximate surface area is 177 Å². The number of aromatic nitrogens is 1. The fraction of sp³-hybridized carbons (Fsp3) is 0.143. The highest BCUT2D eigenvalue weighted by atomic mass is 127. The summed E-state index contributed by atoms with van der Waals surface area (Å²) >= 11 is 2.16. The zero-order chi connectivity index (χ0) is 20.1. The number of ether oxygens (including phenoxy) is 2. The molecule has 3 aromatic rings. The zero-order valence-corrected chi connectivity index (χ0v) is 17.9. The number of rotatable bonds is 6. The van der Waals surface area contributed by atoms with Gasteiger partial charge in [0.2, 0.25) is 0 Å². The molecule has 0 saturated carbocycles. The van der Waals surface area contributed by atoms with E-state index in [1.54, 1.807) is 32.6 Å². The van der Waals surface area contributed by atoms with E-state index in [4.69, 9.17) is 9.47 Å². The van der Waals surface area contributed by atoms with Gasteiger partial charge in [-0.1, -0.05) is 0 Å². The molecule has 6 nitrogen and oxygen atoms in total. The number of benzene rings is 2. The fourth-order valence-corrected chi connectivity index (χ4v) is 3.32. The lowest BCUT2D eigenvalue weighted by molar-refractivity contribution is 0.0954. The van der Waals surface area contributed by atoms with Crippen molar-refractivity contribution in [3.05, 3.63) is 75.1 Å². The molecule has 0 bridgehead atoms. The molecule has 2 aromatic carbocycles. The van der Waals surface area contributed by atoms with E-state index in [1.807, 2.05) is 54.0 Å². The van der Waals surface area contributed by atoms with Crippen molar-refractivity contribution in [1.29, 1.82) is 0 Å². The predicted octanol–water partition coefficient (Wildman–Crippen LogP) is 4.17. The lowest BCUT2D eigenvalue weighted by Crippen LogP contribution is -2.18. The summed E-state index contributed by atoms with van der Waals surface area (Å²) in [7, 11) is 3.22. The number of methoxy groups -OCH3 is 2. The monoisotopic (exact) mass is 489 g/mol. The molecule has 1 heterocycles. The summed E-state index contributed by atoms with van der Waals surface area (Å²) in [5, 5.41) is 4.12. The molecule has 3 rings (SSSR count). The van der Waals surface area contributed by atoms with Gasteiger partial charge in [-0.3, -0.25) is 4.79 Å². The topological polar surface area (TPSA) is 64.8 Å². The smallest absolute Gasteiger partial charge is 0.271 e. The molecule has 0 aliphatic heterocycles. The summed E-state index contributed by atoms with van der Waals surface area (Å²) in [5.74, 6) is 1.15. The summed E-state index contributed by atoms with van der Waals surface area (Å²) in [6.45, 7) is 2.01. The summed E-state index contributed by atoms with van der Waals surface area (Å²) in [4.78, 5) is 12.3. The Hall–Kier alpha value is -2.81. The number of hydrogen-bond acceptors (Lipinski definition) is 4. The molecule has 0 aliphatic carbocycles. The van der Waals surface area contributed by atoms with Crippen molar-refractivity contribution in [2.75, 3.05) is 14.2 Å². The standard InChI is InChI=1S/C21H20IN3O3/c1-14-4-6-17(25(14)16-7-9-18(27-2)10-8-16)13-23-24-21(26)15-5-11-19(22)20(12-15)28-3/h4-13H,1-3H3,(H,24,26)/b23-13-. The third kappa shape index (κ3) is 4.36. The summed E-state index contributed by atoms with van der Waals surface area (Å²) in [6.07, 6.45) is 1.62. The number of nitrogens with one attached hydrogen (secondary N) is 1. The van der Waals surface area contributed by atoms with Gasteiger partial charge in [0.1, 0.15) is 11.5 Å². The lowest BCUT2D eigenvalue weighted by Gasteiger charge is -2.10. The molecule has 144 valence electrons. The molecule has 0 atom stereocenters. The number of hydrogen-bond donors (Lipinski definition) is 1. The minimum Gasteiger partial charge on any atom is -0.497 e. The molecule has 7 heteroatoms. The van der Waals surface area contributed by atoms with Gasteiger partial charge in [0.15, 0.2) is 0 Å². The fourth-order valence-electron chi connectivity index (χ4n) is 2.77. The van der Waals surface area contributed by atoms with Crippen molar-refractivity contribution in [3.63, 3.8) is 0 Å². The number of carbonyl (C=O) groups is 1. The maximum absolute atomic E-state index is 12.3. The maximum atomic E-state index is 12.3. The van der Waals surface area contributed by atoms with E-state index in [9.17, 15) is 4.79 Å². The first-order valence-corrected chi connectivity index (χ1v) is 9.61. The van der Waals surface area contributed by atoms with Crippen LogP contribution in [0.15, 0.2) is 59.7 Å². The molecule has 0 unspecified atom stereocenters. The molecule has 1 aromatic heterocycles. The van der Waals surface area contributed by atoms with Crippen molar-refractivity contribution in [2.45, 2.75) is 6.92 Å². The van der Waals surface area contributed by atoms with Crippen LogP contribution in [0.5, 0.6) is 11.5 Å². The molecule has 1 amide bonds. The Balaban J connectivity index is 1.77. The van der Waals surface area contributed by atoms with Crippen LogP contribution in [0.3, 0.4) is 0 Å². The second-order valence-electron chi connectivity index (χ2n) is 5.98. The highest BCUT2D eigenvalue weighted by molar-refractivity contribution is 14.1. The SMILES string of the molecule is COc1ccc(-n2c(C)ccc2/C=N\NC(=O)c2ccc(I)c(OC)c2)cc1. The van der Waals surface area contributed by atoms with E-state index in [0.29, 0.717) is 11.3 Å². The Morgan fingerprint density at radius 2 is 1.82 bits per heavy atom. The van der Waals surface area contributed by atoms with Crippen molar-refractivity contribution in [3.8, 4) is 17.2 Å². The Morgan fingerprint density at radius 3 is 2.50 bits per heavy atom. The van der Waals surface area contributed by atoms with E-state index in [1.165, 1.54) is 0 Å². The maximum Gasteiger partial charge on any atom is 0.271 e. The van der Waals surface area contributed by atoms with Crippen LogP contribution >= 0.6 is 22.6 Å². The minimum absolute atomic E-state index is 0.301. The van der Waals surface area contributed by atoms with Crippen LogP contribution in [-0.4, -0.2) is 30.9 Å². The quantitative estimate of drug-likeness (QED) is 0.321. The molecule has 0 aliphatic rings. The molecular weight excluding hydrogens is 469 g/mol.